The Morgan fingerprint density at radius 1 is 1.31 bits per heavy atom. The quantitative estimate of drug-likeness (QED) is 0.831. The summed E-state index contributed by atoms with van der Waals surface area (Å²) in [6, 6.07) is 6.22. The zero-order chi connectivity index (χ0) is 11.5. The van der Waals surface area contributed by atoms with Crippen molar-refractivity contribution < 1.29 is 9.50 Å². The van der Waals surface area contributed by atoms with Gasteiger partial charge in [-0.05, 0) is 31.2 Å². The number of rotatable bonds is 3. The SMILES string of the molecule is Cc1[nH]c(CCO)nc1-c1ccc(F)cc1. The van der Waals surface area contributed by atoms with E-state index in [-0.39, 0.29) is 12.4 Å². The van der Waals surface area contributed by atoms with Crippen molar-refractivity contribution in [2.45, 2.75) is 13.3 Å². The molecule has 0 atom stereocenters. The van der Waals surface area contributed by atoms with Gasteiger partial charge in [-0.3, -0.25) is 0 Å². The molecule has 0 spiro atoms. The summed E-state index contributed by atoms with van der Waals surface area (Å²) in [5.41, 5.74) is 2.61. The second-order valence-corrected chi connectivity index (χ2v) is 3.64. The van der Waals surface area contributed by atoms with Crippen LogP contribution in [0.15, 0.2) is 24.3 Å². The van der Waals surface area contributed by atoms with Gasteiger partial charge < -0.3 is 10.1 Å². The van der Waals surface area contributed by atoms with Crippen molar-refractivity contribution in [2.75, 3.05) is 6.61 Å². The topological polar surface area (TPSA) is 48.9 Å². The summed E-state index contributed by atoms with van der Waals surface area (Å²) < 4.78 is 12.8. The first kappa shape index (κ1) is 10.8. The highest BCUT2D eigenvalue weighted by molar-refractivity contribution is 5.61. The molecule has 1 aromatic heterocycles. The maximum absolute atomic E-state index is 12.8. The summed E-state index contributed by atoms with van der Waals surface area (Å²) >= 11 is 0. The van der Waals surface area contributed by atoms with Crippen molar-refractivity contribution in [1.82, 2.24) is 9.97 Å². The standard InChI is InChI=1S/C12H13FN2O/c1-8-12(15-11(14-8)6-7-16)9-2-4-10(13)5-3-9/h2-5,16H,6-7H2,1H3,(H,14,15). The highest BCUT2D eigenvalue weighted by atomic mass is 19.1. The second kappa shape index (κ2) is 4.45. The third-order valence-corrected chi connectivity index (χ3v) is 2.40. The van der Waals surface area contributed by atoms with Crippen LogP contribution in [0.1, 0.15) is 11.5 Å². The number of aryl methyl sites for hydroxylation is 1. The number of aliphatic hydroxyl groups excluding tert-OH is 1. The highest BCUT2D eigenvalue weighted by Gasteiger charge is 2.08. The molecule has 0 aliphatic heterocycles. The first-order valence-corrected chi connectivity index (χ1v) is 5.13. The van der Waals surface area contributed by atoms with Gasteiger partial charge in [0.1, 0.15) is 11.6 Å². The minimum Gasteiger partial charge on any atom is -0.396 e. The van der Waals surface area contributed by atoms with Gasteiger partial charge in [-0.2, -0.15) is 0 Å². The summed E-state index contributed by atoms with van der Waals surface area (Å²) in [5.74, 6) is 0.492. The van der Waals surface area contributed by atoms with Gasteiger partial charge in [0.25, 0.3) is 0 Å². The van der Waals surface area contributed by atoms with Crippen LogP contribution in [0.25, 0.3) is 11.3 Å². The number of nitrogens with one attached hydrogen (secondary N) is 1. The van der Waals surface area contributed by atoms with Gasteiger partial charge in [-0.25, -0.2) is 9.37 Å². The lowest BCUT2D eigenvalue weighted by molar-refractivity contribution is 0.297. The molecule has 4 heteroatoms. The smallest absolute Gasteiger partial charge is 0.123 e. The fourth-order valence-corrected chi connectivity index (χ4v) is 1.64. The Bertz CT molecular complexity index is 476. The molecule has 0 bridgehead atoms. The van der Waals surface area contributed by atoms with Crippen LogP contribution < -0.4 is 0 Å². The normalized spacial score (nSPS) is 10.7. The summed E-state index contributed by atoms with van der Waals surface area (Å²) in [6.45, 7) is 1.97. The summed E-state index contributed by atoms with van der Waals surface area (Å²) in [4.78, 5) is 7.46. The third kappa shape index (κ3) is 2.12. The van der Waals surface area contributed by atoms with E-state index in [0.717, 1.165) is 22.8 Å². The molecule has 2 aromatic rings. The van der Waals surface area contributed by atoms with E-state index in [2.05, 4.69) is 9.97 Å². The lowest BCUT2D eigenvalue weighted by atomic mass is 10.1. The van der Waals surface area contributed by atoms with E-state index < -0.39 is 0 Å². The van der Waals surface area contributed by atoms with Crippen LogP contribution in [0.3, 0.4) is 0 Å². The predicted octanol–water partition coefficient (Wildman–Crippen LogP) is 2.06. The first-order chi connectivity index (χ1) is 7.70. The molecule has 2 rings (SSSR count). The second-order valence-electron chi connectivity index (χ2n) is 3.64. The number of nitrogens with zero attached hydrogens (tertiary/aromatic N) is 1. The number of aromatic nitrogens is 2. The molecule has 16 heavy (non-hydrogen) atoms. The Morgan fingerprint density at radius 3 is 2.62 bits per heavy atom. The van der Waals surface area contributed by atoms with Crippen molar-refractivity contribution >= 4 is 0 Å². The van der Waals surface area contributed by atoms with Crippen LogP contribution in [0.4, 0.5) is 4.39 Å². The molecule has 3 nitrogen and oxygen atoms in total. The molecular weight excluding hydrogens is 207 g/mol. The number of H-pyrrole nitrogens is 1. The Hall–Kier alpha value is -1.68. The van der Waals surface area contributed by atoms with Crippen molar-refractivity contribution in [3.8, 4) is 11.3 Å². The van der Waals surface area contributed by atoms with Gasteiger partial charge in [0.05, 0.1) is 12.3 Å². The van der Waals surface area contributed by atoms with Crippen LogP contribution in [-0.4, -0.2) is 21.7 Å². The molecule has 1 aromatic carbocycles. The highest BCUT2D eigenvalue weighted by Crippen LogP contribution is 2.21. The lowest BCUT2D eigenvalue weighted by Crippen LogP contribution is -1.92. The van der Waals surface area contributed by atoms with Gasteiger partial charge in [0.2, 0.25) is 0 Å². The monoisotopic (exact) mass is 220 g/mol. The average molecular weight is 220 g/mol. The van der Waals surface area contributed by atoms with E-state index in [1.807, 2.05) is 6.92 Å². The molecule has 0 radical (unpaired) electrons. The van der Waals surface area contributed by atoms with Gasteiger partial charge in [-0.1, -0.05) is 0 Å². The zero-order valence-electron chi connectivity index (χ0n) is 9.00. The van der Waals surface area contributed by atoms with Crippen molar-refractivity contribution in [1.29, 1.82) is 0 Å². The van der Waals surface area contributed by atoms with Crippen LogP contribution in [0.2, 0.25) is 0 Å². The van der Waals surface area contributed by atoms with Crippen LogP contribution in [0.5, 0.6) is 0 Å². The Kier molecular flexibility index (Phi) is 3.01. The zero-order valence-corrected chi connectivity index (χ0v) is 9.00. The molecule has 0 unspecified atom stereocenters. The van der Waals surface area contributed by atoms with Crippen molar-refractivity contribution in [3.63, 3.8) is 0 Å². The van der Waals surface area contributed by atoms with Crippen molar-refractivity contribution in [2.24, 2.45) is 0 Å². The predicted molar refractivity (Wildman–Crippen MR) is 59.5 cm³/mol. The molecule has 0 amide bonds. The number of hydrogen-bond donors (Lipinski definition) is 2. The largest absolute Gasteiger partial charge is 0.396 e. The first-order valence-electron chi connectivity index (χ1n) is 5.13. The molecule has 0 aliphatic carbocycles. The number of hydrogen-bond acceptors (Lipinski definition) is 2. The number of aliphatic hydroxyl groups is 1. The van der Waals surface area contributed by atoms with Crippen LogP contribution in [-0.2, 0) is 6.42 Å². The van der Waals surface area contributed by atoms with Gasteiger partial charge in [0, 0.05) is 17.7 Å². The van der Waals surface area contributed by atoms with E-state index in [0.29, 0.717) is 6.42 Å². The molecule has 0 saturated heterocycles. The Balaban J connectivity index is 2.36. The van der Waals surface area contributed by atoms with E-state index in [1.54, 1.807) is 12.1 Å². The molecule has 2 N–H and O–H groups in total. The van der Waals surface area contributed by atoms with E-state index in [4.69, 9.17) is 5.11 Å². The molecule has 84 valence electrons. The Labute approximate surface area is 93.0 Å². The van der Waals surface area contributed by atoms with Gasteiger partial charge in [0.15, 0.2) is 0 Å². The summed E-state index contributed by atoms with van der Waals surface area (Å²) in [7, 11) is 0. The van der Waals surface area contributed by atoms with E-state index >= 15 is 0 Å². The number of imidazole rings is 1. The maximum Gasteiger partial charge on any atom is 0.123 e. The van der Waals surface area contributed by atoms with E-state index in [1.165, 1.54) is 12.1 Å². The molecule has 1 heterocycles. The summed E-state index contributed by atoms with van der Waals surface area (Å²) in [6.07, 6.45) is 0.502. The molecule has 0 aliphatic rings. The van der Waals surface area contributed by atoms with E-state index in [9.17, 15) is 4.39 Å². The fourth-order valence-electron chi connectivity index (χ4n) is 1.64. The van der Waals surface area contributed by atoms with Crippen LogP contribution >= 0.6 is 0 Å². The van der Waals surface area contributed by atoms with Crippen LogP contribution in [0, 0.1) is 12.7 Å². The molecule has 0 fully saturated rings. The minimum atomic E-state index is -0.257. The third-order valence-electron chi connectivity index (χ3n) is 2.40. The van der Waals surface area contributed by atoms with Gasteiger partial charge in [-0.15, -0.1) is 0 Å². The number of aromatic amines is 1. The molecular formula is C12H13FN2O. The maximum atomic E-state index is 12.8. The molecule has 0 saturated carbocycles. The fraction of sp³-hybridized carbons (Fsp3) is 0.250. The van der Waals surface area contributed by atoms with Crippen molar-refractivity contribution in [3.05, 3.63) is 41.6 Å². The lowest BCUT2D eigenvalue weighted by Gasteiger charge is -1.97. The number of halogens is 1. The Morgan fingerprint density at radius 2 is 2.00 bits per heavy atom. The average Bonchev–Trinajstić information content (AvgIpc) is 2.61. The summed E-state index contributed by atoms with van der Waals surface area (Å²) in [5, 5.41) is 8.82. The number of benzene rings is 1. The van der Waals surface area contributed by atoms with Gasteiger partial charge >= 0.3 is 0 Å². The minimum absolute atomic E-state index is 0.0653.